The van der Waals surface area contributed by atoms with Crippen LogP contribution in [-0.2, 0) is 16.0 Å². The molecule has 0 amide bonds. The van der Waals surface area contributed by atoms with E-state index < -0.39 is 0 Å². The third-order valence-electron chi connectivity index (χ3n) is 2.49. The summed E-state index contributed by atoms with van der Waals surface area (Å²) < 4.78 is 4.65. The van der Waals surface area contributed by atoms with Gasteiger partial charge in [0.1, 0.15) is 0 Å². The van der Waals surface area contributed by atoms with Crippen molar-refractivity contribution < 1.29 is 9.53 Å². The van der Waals surface area contributed by atoms with Gasteiger partial charge in [0, 0.05) is 0 Å². The van der Waals surface area contributed by atoms with Crippen LogP contribution >= 0.6 is 0 Å². The van der Waals surface area contributed by atoms with Crippen LogP contribution in [0.5, 0.6) is 0 Å². The number of allylic oxidation sites excluding steroid dienone is 1. The van der Waals surface area contributed by atoms with Gasteiger partial charge in [-0.05, 0) is 23.1 Å². The van der Waals surface area contributed by atoms with Gasteiger partial charge in [-0.2, -0.15) is 0 Å². The van der Waals surface area contributed by atoms with Crippen LogP contribution in [-0.4, -0.2) is 13.1 Å². The molecule has 0 atom stereocenters. The molecule has 1 aromatic carbocycles. The molecule has 2 nitrogen and oxygen atoms in total. The van der Waals surface area contributed by atoms with E-state index in [9.17, 15) is 4.79 Å². The van der Waals surface area contributed by atoms with Gasteiger partial charge >= 0.3 is 5.97 Å². The van der Waals surface area contributed by atoms with E-state index in [1.165, 1.54) is 18.2 Å². The number of esters is 1. The lowest BCUT2D eigenvalue weighted by Gasteiger charge is -2.03. The van der Waals surface area contributed by atoms with Crippen molar-refractivity contribution in [1.29, 1.82) is 0 Å². The van der Waals surface area contributed by atoms with Gasteiger partial charge in [-0.15, -0.1) is 0 Å². The molecule has 0 N–H and O–H groups in total. The minimum atomic E-state index is -0.173. The van der Waals surface area contributed by atoms with Gasteiger partial charge < -0.3 is 4.74 Å². The number of fused-ring (bicyclic) bond motifs is 1. The van der Waals surface area contributed by atoms with Crippen LogP contribution in [0.4, 0.5) is 0 Å². The Morgan fingerprint density at radius 1 is 1.43 bits per heavy atom. The zero-order chi connectivity index (χ0) is 9.97. The van der Waals surface area contributed by atoms with E-state index in [0.29, 0.717) is 6.42 Å². The molecule has 2 heteroatoms. The Morgan fingerprint density at radius 3 is 3.00 bits per heavy atom. The molecular weight excluding hydrogens is 176 g/mol. The Hall–Kier alpha value is -1.57. The average Bonchev–Trinajstić information content (AvgIpc) is 2.62. The first-order valence-corrected chi connectivity index (χ1v) is 4.65. The molecule has 0 bridgehead atoms. The highest BCUT2D eigenvalue weighted by molar-refractivity contribution is 5.87. The molecule has 14 heavy (non-hydrogen) atoms. The highest BCUT2D eigenvalue weighted by Gasteiger charge is 2.15. The fraction of sp³-hybridized carbons (Fsp3) is 0.250. The van der Waals surface area contributed by atoms with E-state index in [2.05, 4.69) is 22.9 Å². The third-order valence-corrected chi connectivity index (χ3v) is 2.49. The Labute approximate surface area is 83.2 Å². The van der Waals surface area contributed by atoms with E-state index in [-0.39, 0.29) is 5.97 Å². The first-order chi connectivity index (χ1) is 6.81. The Kier molecular flexibility index (Phi) is 2.35. The Bertz CT molecular complexity index is 391. The van der Waals surface area contributed by atoms with Gasteiger partial charge in [-0.3, -0.25) is 4.79 Å². The zero-order valence-electron chi connectivity index (χ0n) is 8.12. The number of methoxy groups -OCH3 is 1. The summed E-state index contributed by atoms with van der Waals surface area (Å²) in [5.74, 6) is -0.173. The summed E-state index contributed by atoms with van der Waals surface area (Å²) in [5.41, 5.74) is 3.58. The number of carbonyl (C=O) groups is 1. The first-order valence-electron chi connectivity index (χ1n) is 4.65. The van der Waals surface area contributed by atoms with E-state index in [1.54, 1.807) is 0 Å². The van der Waals surface area contributed by atoms with Crippen molar-refractivity contribution in [3.8, 4) is 0 Å². The van der Waals surface area contributed by atoms with E-state index >= 15 is 0 Å². The molecule has 0 spiro atoms. The summed E-state index contributed by atoms with van der Waals surface area (Å²) >= 11 is 0. The average molecular weight is 188 g/mol. The topological polar surface area (TPSA) is 26.3 Å². The minimum Gasteiger partial charge on any atom is -0.469 e. The fourth-order valence-corrected chi connectivity index (χ4v) is 1.75. The molecule has 1 aliphatic carbocycles. The highest BCUT2D eigenvalue weighted by atomic mass is 16.5. The second kappa shape index (κ2) is 3.66. The number of hydrogen-bond acceptors (Lipinski definition) is 2. The molecule has 0 radical (unpaired) electrons. The molecule has 1 aliphatic rings. The van der Waals surface area contributed by atoms with Crippen LogP contribution in [0.2, 0.25) is 0 Å². The fourth-order valence-electron chi connectivity index (χ4n) is 1.75. The van der Waals surface area contributed by atoms with E-state index in [1.807, 2.05) is 12.1 Å². The molecule has 0 saturated carbocycles. The SMILES string of the molecule is COC(=O)CC1=CCc2ccccc21. The maximum atomic E-state index is 11.1. The summed E-state index contributed by atoms with van der Waals surface area (Å²) in [7, 11) is 1.42. The highest BCUT2D eigenvalue weighted by Crippen LogP contribution is 2.29. The van der Waals surface area contributed by atoms with Crippen molar-refractivity contribution in [2.75, 3.05) is 7.11 Å². The summed E-state index contributed by atoms with van der Waals surface area (Å²) in [5, 5.41) is 0. The predicted octanol–water partition coefficient (Wildman–Crippen LogP) is 2.19. The number of rotatable bonds is 2. The largest absolute Gasteiger partial charge is 0.469 e. The van der Waals surface area contributed by atoms with Crippen molar-refractivity contribution in [2.24, 2.45) is 0 Å². The molecule has 1 aromatic rings. The molecule has 0 aromatic heterocycles. The van der Waals surface area contributed by atoms with Crippen LogP contribution < -0.4 is 0 Å². The van der Waals surface area contributed by atoms with Crippen LogP contribution in [0.25, 0.3) is 5.57 Å². The Balaban J connectivity index is 2.21. The lowest BCUT2D eigenvalue weighted by Crippen LogP contribution is -2.00. The first kappa shape index (κ1) is 9.00. The second-order valence-electron chi connectivity index (χ2n) is 3.34. The van der Waals surface area contributed by atoms with Gasteiger partial charge in [-0.25, -0.2) is 0 Å². The lowest BCUT2D eigenvalue weighted by atomic mass is 10.0. The third kappa shape index (κ3) is 1.55. The maximum absolute atomic E-state index is 11.1. The quantitative estimate of drug-likeness (QED) is 0.665. The van der Waals surface area contributed by atoms with Crippen LogP contribution in [0.15, 0.2) is 30.3 Å². The number of hydrogen-bond donors (Lipinski definition) is 0. The second-order valence-corrected chi connectivity index (χ2v) is 3.34. The maximum Gasteiger partial charge on any atom is 0.309 e. The summed E-state index contributed by atoms with van der Waals surface area (Å²) in [6, 6.07) is 8.16. The van der Waals surface area contributed by atoms with Crippen molar-refractivity contribution in [2.45, 2.75) is 12.8 Å². The van der Waals surface area contributed by atoms with Crippen molar-refractivity contribution in [1.82, 2.24) is 0 Å². The number of benzene rings is 1. The van der Waals surface area contributed by atoms with Gasteiger partial charge in [0.25, 0.3) is 0 Å². The van der Waals surface area contributed by atoms with Crippen LogP contribution in [0.1, 0.15) is 17.5 Å². The molecule has 72 valence electrons. The molecular formula is C12H12O2. The minimum absolute atomic E-state index is 0.173. The van der Waals surface area contributed by atoms with Crippen LogP contribution in [0, 0.1) is 0 Å². The summed E-state index contributed by atoms with van der Waals surface area (Å²) in [4.78, 5) is 11.1. The molecule has 0 fully saturated rings. The molecule has 0 aliphatic heterocycles. The number of ether oxygens (including phenoxy) is 1. The molecule has 0 unspecified atom stereocenters. The molecule has 0 saturated heterocycles. The van der Waals surface area contributed by atoms with Gasteiger partial charge in [0.05, 0.1) is 13.5 Å². The smallest absolute Gasteiger partial charge is 0.309 e. The predicted molar refractivity (Wildman–Crippen MR) is 54.8 cm³/mol. The van der Waals surface area contributed by atoms with E-state index in [0.717, 1.165) is 12.0 Å². The molecule has 2 rings (SSSR count). The molecule has 0 heterocycles. The van der Waals surface area contributed by atoms with Gasteiger partial charge in [-0.1, -0.05) is 30.3 Å². The van der Waals surface area contributed by atoms with Crippen molar-refractivity contribution in [3.05, 3.63) is 41.5 Å². The van der Waals surface area contributed by atoms with Gasteiger partial charge in [0.15, 0.2) is 0 Å². The summed E-state index contributed by atoms with van der Waals surface area (Å²) in [6.45, 7) is 0. The standard InChI is InChI=1S/C12H12O2/c1-14-12(13)8-10-7-6-9-4-2-3-5-11(9)10/h2-5,7H,6,8H2,1H3. The zero-order valence-corrected chi connectivity index (χ0v) is 8.12. The normalized spacial score (nSPS) is 13.4. The summed E-state index contributed by atoms with van der Waals surface area (Å²) in [6.07, 6.45) is 3.41. The Morgan fingerprint density at radius 2 is 2.21 bits per heavy atom. The lowest BCUT2D eigenvalue weighted by molar-refractivity contribution is -0.139. The van der Waals surface area contributed by atoms with Crippen molar-refractivity contribution in [3.63, 3.8) is 0 Å². The monoisotopic (exact) mass is 188 g/mol. The van der Waals surface area contributed by atoms with Crippen molar-refractivity contribution >= 4 is 11.5 Å². The number of carbonyl (C=O) groups excluding carboxylic acids is 1. The van der Waals surface area contributed by atoms with E-state index in [4.69, 9.17) is 0 Å². The van der Waals surface area contributed by atoms with Crippen LogP contribution in [0.3, 0.4) is 0 Å². The van der Waals surface area contributed by atoms with Gasteiger partial charge in [0.2, 0.25) is 0 Å².